The second-order valence-corrected chi connectivity index (χ2v) is 8.75. The first kappa shape index (κ1) is 24.3. The highest BCUT2D eigenvalue weighted by Gasteiger charge is 2.15. The average Bonchev–Trinajstić information content (AvgIpc) is 3.28. The highest BCUT2D eigenvalue weighted by atomic mass is 16.5. The SMILES string of the molecule is COc1cc(OC)cc(-c2cc3nc(C)c(CCC(=O)NCCc4cccc(C)c4)c(C)n3n2)c1. The third-order valence-electron chi connectivity index (χ3n) is 6.23. The van der Waals surface area contributed by atoms with Crippen molar-refractivity contribution in [2.24, 2.45) is 0 Å². The number of rotatable bonds is 9. The Morgan fingerprint density at radius 1 is 0.971 bits per heavy atom. The Hall–Kier alpha value is -3.87. The van der Waals surface area contributed by atoms with E-state index < -0.39 is 0 Å². The number of ether oxygens (including phenoxy) is 2. The van der Waals surface area contributed by atoms with Crippen LogP contribution < -0.4 is 14.8 Å². The number of methoxy groups -OCH3 is 2. The van der Waals surface area contributed by atoms with Gasteiger partial charge in [-0.05, 0) is 56.9 Å². The molecule has 0 saturated carbocycles. The Balaban J connectivity index is 1.47. The van der Waals surface area contributed by atoms with Crippen molar-refractivity contribution in [3.05, 3.63) is 76.6 Å². The number of fused-ring (bicyclic) bond motifs is 1. The molecule has 0 unspecified atom stereocenters. The van der Waals surface area contributed by atoms with Crippen molar-refractivity contribution in [2.45, 2.75) is 40.0 Å². The number of nitrogens with zero attached hydrogens (tertiary/aromatic N) is 3. The summed E-state index contributed by atoms with van der Waals surface area (Å²) in [5, 5.41) is 7.83. The smallest absolute Gasteiger partial charge is 0.220 e. The Labute approximate surface area is 206 Å². The molecule has 4 aromatic rings. The lowest BCUT2D eigenvalue weighted by atomic mass is 10.1. The molecule has 0 aliphatic carbocycles. The van der Waals surface area contributed by atoms with Crippen LogP contribution in [0.3, 0.4) is 0 Å². The summed E-state index contributed by atoms with van der Waals surface area (Å²) in [5.41, 5.74) is 7.84. The van der Waals surface area contributed by atoms with Crippen LogP contribution in [0, 0.1) is 20.8 Å². The van der Waals surface area contributed by atoms with Crippen LogP contribution in [0.15, 0.2) is 48.5 Å². The predicted molar refractivity (Wildman–Crippen MR) is 137 cm³/mol. The number of amides is 1. The quantitative estimate of drug-likeness (QED) is 0.384. The number of aromatic nitrogens is 3. The van der Waals surface area contributed by atoms with Gasteiger partial charge in [-0.2, -0.15) is 5.10 Å². The summed E-state index contributed by atoms with van der Waals surface area (Å²) in [6.45, 7) is 6.71. The topological polar surface area (TPSA) is 77.8 Å². The molecule has 7 heteroatoms. The number of hydrogen-bond acceptors (Lipinski definition) is 5. The third-order valence-corrected chi connectivity index (χ3v) is 6.23. The molecule has 182 valence electrons. The van der Waals surface area contributed by atoms with Crippen molar-refractivity contribution in [1.29, 1.82) is 0 Å². The van der Waals surface area contributed by atoms with Crippen LogP contribution in [0.1, 0.15) is 34.5 Å². The lowest BCUT2D eigenvalue weighted by Crippen LogP contribution is -2.26. The van der Waals surface area contributed by atoms with E-state index in [9.17, 15) is 4.79 Å². The normalized spacial score (nSPS) is 11.0. The van der Waals surface area contributed by atoms with E-state index in [0.717, 1.165) is 40.3 Å². The Morgan fingerprint density at radius 2 is 1.71 bits per heavy atom. The molecule has 0 radical (unpaired) electrons. The van der Waals surface area contributed by atoms with Crippen LogP contribution in [-0.4, -0.2) is 41.3 Å². The van der Waals surface area contributed by atoms with Gasteiger partial charge in [0, 0.05) is 42.0 Å². The van der Waals surface area contributed by atoms with Gasteiger partial charge in [0.1, 0.15) is 11.5 Å². The highest BCUT2D eigenvalue weighted by Crippen LogP contribution is 2.30. The summed E-state index contributed by atoms with van der Waals surface area (Å²) in [6, 6.07) is 16.0. The van der Waals surface area contributed by atoms with E-state index in [0.29, 0.717) is 30.9 Å². The third kappa shape index (κ3) is 5.62. The fourth-order valence-electron chi connectivity index (χ4n) is 4.33. The summed E-state index contributed by atoms with van der Waals surface area (Å²) in [5.74, 6) is 1.44. The van der Waals surface area contributed by atoms with E-state index in [4.69, 9.17) is 19.6 Å². The maximum atomic E-state index is 12.5. The van der Waals surface area contributed by atoms with E-state index in [1.54, 1.807) is 14.2 Å². The lowest BCUT2D eigenvalue weighted by molar-refractivity contribution is -0.121. The minimum Gasteiger partial charge on any atom is -0.497 e. The summed E-state index contributed by atoms with van der Waals surface area (Å²) in [4.78, 5) is 17.3. The number of aryl methyl sites for hydroxylation is 3. The van der Waals surface area contributed by atoms with Crippen LogP contribution in [0.4, 0.5) is 0 Å². The number of benzene rings is 2. The first-order chi connectivity index (χ1) is 16.9. The number of nitrogens with one attached hydrogen (secondary N) is 1. The zero-order chi connectivity index (χ0) is 24.9. The van der Waals surface area contributed by atoms with Gasteiger partial charge in [-0.3, -0.25) is 4.79 Å². The summed E-state index contributed by atoms with van der Waals surface area (Å²) in [6.07, 6.45) is 1.84. The van der Waals surface area contributed by atoms with Crippen molar-refractivity contribution in [2.75, 3.05) is 20.8 Å². The van der Waals surface area contributed by atoms with Crippen molar-refractivity contribution in [1.82, 2.24) is 19.9 Å². The van der Waals surface area contributed by atoms with Crippen molar-refractivity contribution in [3.63, 3.8) is 0 Å². The first-order valence-electron chi connectivity index (χ1n) is 11.8. The molecular weight excluding hydrogens is 440 g/mol. The van der Waals surface area contributed by atoms with E-state index in [-0.39, 0.29) is 5.91 Å². The minimum absolute atomic E-state index is 0.0428. The molecule has 2 heterocycles. The van der Waals surface area contributed by atoms with E-state index >= 15 is 0 Å². The van der Waals surface area contributed by atoms with Gasteiger partial charge in [0.15, 0.2) is 5.65 Å². The monoisotopic (exact) mass is 472 g/mol. The van der Waals surface area contributed by atoms with Gasteiger partial charge < -0.3 is 14.8 Å². The predicted octanol–water partition coefficient (Wildman–Crippen LogP) is 4.63. The molecular formula is C28H32N4O3. The largest absolute Gasteiger partial charge is 0.497 e. The second-order valence-electron chi connectivity index (χ2n) is 8.75. The second kappa shape index (κ2) is 10.6. The van der Waals surface area contributed by atoms with Gasteiger partial charge in [-0.25, -0.2) is 9.50 Å². The van der Waals surface area contributed by atoms with Gasteiger partial charge in [0.2, 0.25) is 5.91 Å². The van der Waals surface area contributed by atoms with Gasteiger partial charge in [-0.15, -0.1) is 0 Å². The van der Waals surface area contributed by atoms with Crippen LogP contribution in [0.2, 0.25) is 0 Å². The van der Waals surface area contributed by atoms with Crippen molar-refractivity contribution < 1.29 is 14.3 Å². The molecule has 2 aromatic carbocycles. The highest BCUT2D eigenvalue weighted by molar-refractivity contribution is 5.76. The first-order valence-corrected chi connectivity index (χ1v) is 11.8. The van der Waals surface area contributed by atoms with Crippen LogP contribution in [0.5, 0.6) is 11.5 Å². The fourth-order valence-corrected chi connectivity index (χ4v) is 4.33. The van der Waals surface area contributed by atoms with Crippen LogP contribution >= 0.6 is 0 Å². The Kier molecular flexibility index (Phi) is 7.34. The molecule has 0 fully saturated rings. The van der Waals surface area contributed by atoms with Crippen LogP contribution in [-0.2, 0) is 17.6 Å². The molecule has 0 bridgehead atoms. The van der Waals surface area contributed by atoms with Gasteiger partial charge in [0.05, 0.1) is 19.9 Å². The molecule has 0 saturated heterocycles. The lowest BCUT2D eigenvalue weighted by Gasteiger charge is -2.11. The summed E-state index contributed by atoms with van der Waals surface area (Å²) in [7, 11) is 3.25. The minimum atomic E-state index is 0.0428. The fraction of sp³-hybridized carbons (Fsp3) is 0.321. The summed E-state index contributed by atoms with van der Waals surface area (Å²) >= 11 is 0. The van der Waals surface area contributed by atoms with E-state index in [1.165, 1.54) is 11.1 Å². The molecule has 35 heavy (non-hydrogen) atoms. The molecule has 0 aliphatic rings. The van der Waals surface area contributed by atoms with Crippen molar-refractivity contribution >= 4 is 11.6 Å². The summed E-state index contributed by atoms with van der Waals surface area (Å²) < 4.78 is 12.6. The number of hydrogen-bond donors (Lipinski definition) is 1. The molecule has 0 spiro atoms. The van der Waals surface area contributed by atoms with Gasteiger partial charge in [0.25, 0.3) is 0 Å². The average molecular weight is 473 g/mol. The maximum Gasteiger partial charge on any atom is 0.220 e. The van der Waals surface area contributed by atoms with Crippen LogP contribution in [0.25, 0.3) is 16.9 Å². The van der Waals surface area contributed by atoms with Gasteiger partial charge >= 0.3 is 0 Å². The molecule has 0 atom stereocenters. The molecule has 1 N–H and O–H groups in total. The number of carbonyl (C=O) groups excluding carboxylic acids is 1. The Morgan fingerprint density at radius 3 is 2.40 bits per heavy atom. The van der Waals surface area contributed by atoms with Gasteiger partial charge in [-0.1, -0.05) is 29.8 Å². The van der Waals surface area contributed by atoms with E-state index in [2.05, 4.69) is 30.4 Å². The maximum absolute atomic E-state index is 12.5. The van der Waals surface area contributed by atoms with E-state index in [1.807, 2.05) is 48.7 Å². The zero-order valence-corrected chi connectivity index (χ0v) is 21.0. The molecule has 0 aliphatic heterocycles. The molecule has 4 rings (SSSR count). The zero-order valence-electron chi connectivity index (χ0n) is 21.0. The molecule has 2 aromatic heterocycles. The molecule has 7 nitrogen and oxygen atoms in total. The molecule has 1 amide bonds. The standard InChI is InChI=1S/C28H32N4O3/c1-18-7-6-8-21(13-18)11-12-29-28(33)10-9-25-19(2)30-27-17-26(31-32(27)20(25)3)22-14-23(34-4)16-24(15-22)35-5/h6-8,13-17H,9-12H2,1-5H3,(H,29,33). The Bertz CT molecular complexity index is 1340. The number of carbonyl (C=O) groups is 1. The van der Waals surface area contributed by atoms with Crippen molar-refractivity contribution in [3.8, 4) is 22.8 Å².